The molecule has 1 heterocycles. The summed E-state index contributed by atoms with van der Waals surface area (Å²) in [6, 6.07) is 9.47. The van der Waals surface area contributed by atoms with Crippen molar-refractivity contribution in [1.29, 1.82) is 0 Å². The lowest BCUT2D eigenvalue weighted by molar-refractivity contribution is 0.319. The van der Waals surface area contributed by atoms with E-state index in [1.165, 1.54) is 5.56 Å². The van der Waals surface area contributed by atoms with Crippen LogP contribution < -0.4 is 0 Å². The van der Waals surface area contributed by atoms with E-state index in [0.717, 1.165) is 17.1 Å². The van der Waals surface area contributed by atoms with E-state index >= 15 is 0 Å². The first kappa shape index (κ1) is 14.6. The van der Waals surface area contributed by atoms with Crippen molar-refractivity contribution >= 4 is 34.8 Å². The summed E-state index contributed by atoms with van der Waals surface area (Å²) in [4.78, 5) is 6.20. The van der Waals surface area contributed by atoms with Crippen LogP contribution in [0.15, 0.2) is 36.5 Å². The van der Waals surface area contributed by atoms with E-state index in [2.05, 4.69) is 9.88 Å². The van der Waals surface area contributed by atoms with Gasteiger partial charge in [-0.1, -0.05) is 46.9 Å². The van der Waals surface area contributed by atoms with Gasteiger partial charge in [0.25, 0.3) is 0 Å². The highest BCUT2D eigenvalue weighted by molar-refractivity contribution is 6.34. The fraction of sp³-hybridized carbons (Fsp3) is 0.214. The second-order valence-corrected chi connectivity index (χ2v) is 5.63. The molecule has 5 heteroatoms. The standard InChI is InChI=1S/C14H13Cl3N2/c1-19(8-10-2-4-12(15)5-3-10)9-11-7-18-14(17)6-13(11)16/h2-7H,8-9H2,1H3. The number of hydrogen-bond acceptors (Lipinski definition) is 2. The van der Waals surface area contributed by atoms with E-state index in [9.17, 15) is 0 Å². The zero-order chi connectivity index (χ0) is 13.8. The molecule has 1 aromatic carbocycles. The Kier molecular flexibility index (Phi) is 5.06. The molecule has 0 fully saturated rings. The SMILES string of the molecule is CN(Cc1ccc(Cl)cc1)Cc1cnc(Cl)cc1Cl. The minimum atomic E-state index is 0.411. The number of benzene rings is 1. The fourth-order valence-electron chi connectivity index (χ4n) is 1.80. The highest BCUT2D eigenvalue weighted by atomic mass is 35.5. The smallest absolute Gasteiger partial charge is 0.130 e. The van der Waals surface area contributed by atoms with Crippen LogP contribution in [-0.2, 0) is 13.1 Å². The molecule has 2 rings (SSSR count). The molecule has 2 aromatic rings. The molecule has 0 saturated heterocycles. The van der Waals surface area contributed by atoms with Gasteiger partial charge >= 0.3 is 0 Å². The first-order valence-electron chi connectivity index (χ1n) is 5.77. The van der Waals surface area contributed by atoms with E-state index in [1.54, 1.807) is 12.3 Å². The molecule has 100 valence electrons. The summed E-state index contributed by atoms with van der Waals surface area (Å²) >= 11 is 17.8. The third kappa shape index (κ3) is 4.36. The minimum Gasteiger partial charge on any atom is -0.298 e. The summed E-state index contributed by atoms with van der Waals surface area (Å²) in [6.07, 6.45) is 1.71. The van der Waals surface area contributed by atoms with E-state index < -0.39 is 0 Å². The molecule has 1 aromatic heterocycles. The van der Waals surface area contributed by atoms with Crippen molar-refractivity contribution in [2.24, 2.45) is 0 Å². The first-order chi connectivity index (χ1) is 9.04. The largest absolute Gasteiger partial charge is 0.298 e. The van der Waals surface area contributed by atoms with E-state index in [0.29, 0.717) is 16.7 Å². The molecule has 0 bridgehead atoms. The van der Waals surface area contributed by atoms with Gasteiger partial charge in [0.15, 0.2) is 0 Å². The molecule has 0 N–H and O–H groups in total. The summed E-state index contributed by atoms with van der Waals surface area (Å²) in [5.41, 5.74) is 2.16. The third-order valence-electron chi connectivity index (χ3n) is 2.70. The molecule has 0 unspecified atom stereocenters. The van der Waals surface area contributed by atoms with Crippen molar-refractivity contribution in [3.8, 4) is 0 Å². The lowest BCUT2D eigenvalue weighted by atomic mass is 10.2. The van der Waals surface area contributed by atoms with Crippen LogP contribution in [0.4, 0.5) is 0 Å². The van der Waals surface area contributed by atoms with Crippen molar-refractivity contribution < 1.29 is 0 Å². The highest BCUT2D eigenvalue weighted by Crippen LogP contribution is 2.20. The normalized spacial score (nSPS) is 11.0. The maximum Gasteiger partial charge on any atom is 0.130 e. The molecule has 0 saturated carbocycles. The second-order valence-electron chi connectivity index (χ2n) is 4.40. The van der Waals surface area contributed by atoms with Crippen LogP contribution >= 0.6 is 34.8 Å². The number of pyridine rings is 1. The predicted octanol–water partition coefficient (Wildman–Crippen LogP) is 4.67. The van der Waals surface area contributed by atoms with Gasteiger partial charge in [-0.3, -0.25) is 4.90 Å². The van der Waals surface area contributed by atoms with Crippen LogP contribution in [-0.4, -0.2) is 16.9 Å². The minimum absolute atomic E-state index is 0.411. The molecule has 2 nitrogen and oxygen atoms in total. The van der Waals surface area contributed by atoms with Gasteiger partial charge in [-0.2, -0.15) is 0 Å². The molecular weight excluding hydrogens is 303 g/mol. The topological polar surface area (TPSA) is 16.1 Å². The van der Waals surface area contributed by atoms with Crippen molar-refractivity contribution in [3.05, 3.63) is 62.9 Å². The molecule has 0 spiro atoms. The van der Waals surface area contributed by atoms with Crippen molar-refractivity contribution in [1.82, 2.24) is 9.88 Å². The molecule has 0 aliphatic carbocycles. The predicted molar refractivity (Wildman–Crippen MR) is 80.9 cm³/mol. The van der Waals surface area contributed by atoms with E-state index in [1.807, 2.05) is 31.3 Å². The summed E-state index contributed by atoms with van der Waals surface area (Å²) < 4.78 is 0. The Hall–Kier alpha value is -0.800. The second kappa shape index (κ2) is 6.58. The number of rotatable bonds is 4. The van der Waals surface area contributed by atoms with Crippen molar-refractivity contribution in [2.45, 2.75) is 13.1 Å². The van der Waals surface area contributed by atoms with Crippen LogP contribution in [0.1, 0.15) is 11.1 Å². The average Bonchev–Trinajstić information content (AvgIpc) is 2.36. The Morgan fingerprint density at radius 3 is 2.37 bits per heavy atom. The summed E-state index contributed by atoms with van der Waals surface area (Å²) in [7, 11) is 2.03. The Morgan fingerprint density at radius 1 is 1.05 bits per heavy atom. The monoisotopic (exact) mass is 314 g/mol. The maximum absolute atomic E-state index is 6.13. The quantitative estimate of drug-likeness (QED) is 0.762. The van der Waals surface area contributed by atoms with Crippen LogP contribution in [0, 0.1) is 0 Å². The lowest BCUT2D eigenvalue weighted by Crippen LogP contribution is -2.17. The number of halogens is 3. The highest BCUT2D eigenvalue weighted by Gasteiger charge is 2.06. The zero-order valence-electron chi connectivity index (χ0n) is 10.4. The summed E-state index contributed by atoms with van der Waals surface area (Å²) in [6.45, 7) is 1.53. The summed E-state index contributed by atoms with van der Waals surface area (Å²) in [5.74, 6) is 0. The molecule has 19 heavy (non-hydrogen) atoms. The van der Waals surface area contributed by atoms with Gasteiger partial charge in [0.2, 0.25) is 0 Å². The Morgan fingerprint density at radius 2 is 1.74 bits per heavy atom. The van der Waals surface area contributed by atoms with Gasteiger partial charge in [-0.15, -0.1) is 0 Å². The van der Waals surface area contributed by atoms with Crippen LogP contribution in [0.2, 0.25) is 15.2 Å². The van der Waals surface area contributed by atoms with Crippen LogP contribution in [0.3, 0.4) is 0 Å². The van der Waals surface area contributed by atoms with E-state index in [4.69, 9.17) is 34.8 Å². The number of hydrogen-bond donors (Lipinski definition) is 0. The molecular formula is C14H13Cl3N2. The summed E-state index contributed by atoms with van der Waals surface area (Å²) in [5, 5.41) is 1.80. The van der Waals surface area contributed by atoms with E-state index in [-0.39, 0.29) is 0 Å². The Bertz CT molecular complexity index is 555. The number of aromatic nitrogens is 1. The molecule has 0 radical (unpaired) electrons. The van der Waals surface area contributed by atoms with Crippen molar-refractivity contribution in [2.75, 3.05) is 7.05 Å². The van der Waals surface area contributed by atoms with Gasteiger partial charge < -0.3 is 0 Å². The van der Waals surface area contributed by atoms with Gasteiger partial charge in [-0.25, -0.2) is 4.98 Å². The lowest BCUT2D eigenvalue weighted by Gasteiger charge is -2.17. The molecule has 0 aliphatic heterocycles. The van der Waals surface area contributed by atoms with Gasteiger partial charge in [-0.05, 0) is 30.8 Å². The van der Waals surface area contributed by atoms with Crippen LogP contribution in [0.5, 0.6) is 0 Å². The van der Waals surface area contributed by atoms with Crippen LogP contribution in [0.25, 0.3) is 0 Å². The Balaban J connectivity index is 2.01. The van der Waals surface area contributed by atoms with Gasteiger partial charge in [0.05, 0.1) is 0 Å². The maximum atomic E-state index is 6.13. The number of nitrogens with zero attached hydrogens (tertiary/aromatic N) is 2. The molecule has 0 amide bonds. The molecule has 0 aliphatic rings. The first-order valence-corrected chi connectivity index (χ1v) is 6.91. The third-order valence-corrected chi connectivity index (χ3v) is 3.51. The molecule has 0 atom stereocenters. The van der Waals surface area contributed by atoms with Gasteiger partial charge in [0.1, 0.15) is 5.15 Å². The average molecular weight is 316 g/mol. The zero-order valence-corrected chi connectivity index (χ0v) is 12.7. The fourth-order valence-corrected chi connectivity index (χ4v) is 2.35. The van der Waals surface area contributed by atoms with Gasteiger partial charge in [0, 0.05) is 34.9 Å². The van der Waals surface area contributed by atoms with Crippen molar-refractivity contribution in [3.63, 3.8) is 0 Å². The Labute approximate surface area is 127 Å².